The largest absolute Gasteiger partial charge is 0.496 e. The second kappa shape index (κ2) is 5.47. The lowest BCUT2D eigenvalue weighted by atomic mass is 10.0. The van der Waals surface area contributed by atoms with Gasteiger partial charge in [-0.25, -0.2) is 4.79 Å². The Kier molecular flexibility index (Phi) is 3.88. The van der Waals surface area contributed by atoms with Crippen LogP contribution in [0.1, 0.15) is 19.4 Å². The molecule has 0 saturated heterocycles. The van der Waals surface area contributed by atoms with E-state index < -0.39 is 11.5 Å². The van der Waals surface area contributed by atoms with Crippen molar-refractivity contribution in [3.8, 4) is 5.75 Å². The molecule has 0 aliphatic carbocycles. The van der Waals surface area contributed by atoms with Gasteiger partial charge in [0.25, 0.3) is 0 Å². The highest BCUT2D eigenvalue weighted by Crippen LogP contribution is 2.28. The van der Waals surface area contributed by atoms with E-state index in [4.69, 9.17) is 9.84 Å². The van der Waals surface area contributed by atoms with Crippen LogP contribution in [0, 0.1) is 0 Å². The Morgan fingerprint density at radius 1 is 1.38 bits per heavy atom. The minimum absolute atomic E-state index is 0.0804. The van der Waals surface area contributed by atoms with Crippen LogP contribution in [0.5, 0.6) is 5.75 Å². The molecule has 0 spiro atoms. The first-order valence-electron chi connectivity index (χ1n) is 6.52. The number of methoxy groups -OCH3 is 1. The number of carbonyl (C=O) groups excluding carboxylic acids is 1. The van der Waals surface area contributed by atoms with E-state index in [0.717, 1.165) is 16.5 Å². The summed E-state index contributed by atoms with van der Waals surface area (Å²) in [5.74, 6) is -0.754. The number of H-pyrrole nitrogens is 1. The normalized spacial score (nSPS) is 11.4. The Morgan fingerprint density at radius 3 is 2.71 bits per heavy atom. The molecule has 2 aromatic rings. The fourth-order valence-corrected chi connectivity index (χ4v) is 2.15. The number of hydrogen-bond donors (Lipinski definition) is 3. The number of fused-ring (bicyclic) bond motifs is 1. The van der Waals surface area contributed by atoms with Crippen molar-refractivity contribution in [2.75, 3.05) is 7.11 Å². The summed E-state index contributed by atoms with van der Waals surface area (Å²) >= 11 is 0. The Balaban J connectivity index is 2.24. The highest BCUT2D eigenvalue weighted by atomic mass is 16.5. The number of nitrogens with one attached hydrogen (secondary N) is 2. The topological polar surface area (TPSA) is 91.4 Å². The molecule has 1 aromatic carbocycles. The molecule has 0 atom stereocenters. The standard InChI is InChI=1S/C15H18N2O4/c1-15(2,14(19)20)17-12(18)7-9-8-16-10-5-4-6-11(21-3)13(9)10/h4-6,8,16H,7H2,1-3H3,(H,17,18)(H,19,20). The third-order valence-corrected chi connectivity index (χ3v) is 3.31. The highest BCUT2D eigenvalue weighted by molar-refractivity contribution is 5.94. The number of hydrogen-bond acceptors (Lipinski definition) is 3. The van der Waals surface area contributed by atoms with Gasteiger partial charge >= 0.3 is 5.97 Å². The average Bonchev–Trinajstić information content (AvgIpc) is 2.81. The summed E-state index contributed by atoms with van der Waals surface area (Å²) in [4.78, 5) is 26.2. The van der Waals surface area contributed by atoms with Crippen LogP contribution in [-0.4, -0.2) is 34.6 Å². The summed E-state index contributed by atoms with van der Waals surface area (Å²) in [6, 6.07) is 5.56. The molecule has 2 rings (SSSR count). The molecule has 0 radical (unpaired) electrons. The number of amides is 1. The van der Waals surface area contributed by atoms with Crippen molar-refractivity contribution >= 4 is 22.8 Å². The first-order chi connectivity index (χ1) is 9.85. The summed E-state index contributed by atoms with van der Waals surface area (Å²) < 4.78 is 5.30. The van der Waals surface area contributed by atoms with Crippen LogP contribution < -0.4 is 10.1 Å². The lowest BCUT2D eigenvalue weighted by molar-refractivity contribution is -0.145. The van der Waals surface area contributed by atoms with Gasteiger partial charge in [-0.05, 0) is 31.5 Å². The lowest BCUT2D eigenvalue weighted by Gasteiger charge is -2.20. The molecule has 0 aliphatic heterocycles. The van der Waals surface area contributed by atoms with Gasteiger partial charge in [-0.2, -0.15) is 0 Å². The minimum atomic E-state index is -1.30. The van der Waals surface area contributed by atoms with Crippen molar-refractivity contribution in [1.82, 2.24) is 10.3 Å². The Labute approximate surface area is 122 Å². The summed E-state index contributed by atoms with van der Waals surface area (Å²) in [7, 11) is 1.57. The number of ether oxygens (including phenoxy) is 1. The molecule has 1 heterocycles. The number of aromatic nitrogens is 1. The van der Waals surface area contributed by atoms with Crippen molar-refractivity contribution in [2.24, 2.45) is 0 Å². The van der Waals surface area contributed by atoms with Gasteiger partial charge < -0.3 is 20.1 Å². The van der Waals surface area contributed by atoms with Gasteiger partial charge in [0.2, 0.25) is 5.91 Å². The quantitative estimate of drug-likeness (QED) is 0.781. The third kappa shape index (κ3) is 2.99. The zero-order chi connectivity index (χ0) is 15.6. The molecule has 1 aromatic heterocycles. The van der Waals surface area contributed by atoms with Gasteiger partial charge in [0.1, 0.15) is 11.3 Å². The Hall–Kier alpha value is -2.50. The van der Waals surface area contributed by atoms with Crippen LogP contribution in [0.2, 0.25) is 0 Å². The molecule has 0 aliphatic rings. The predicted octanol–water partition coefficient (Wildman–Crippen LogP) is 1.70. The maximum absolute atomic E-state index is 12.0. The van der Waals surface area contributed by atoms with Gasteiger partial charge in [0, 0.05) is 17.1 Å². The molecular weight excluding hydrogens is 272 g/mol. The number of aliphatic carboxylic acids is 1. The average molecular weight is 290 g/mol. The molecule has 6 nitrogen and oxygen atoms in total. The third-order valence-electron chi connectivity index (χ3n) is 3.31. The SMILES string of the molecule is COc1cccc2[nH]cc(CC(=O)NC(C)(C)C(=O)O)c12. The number of benzene rings is 1. The van der Waals surface area contributed by atoms with E-state index in [1.165, 1.54) is 13.8 Å². The second-order valence-electron chi connectivity index (χ2n) is 5.35. The van der Waals surface area contributed by atoms with Crippen molar-refractivity contribution in [3.05, 3.63) is 30.0 Å². The van der Waals surface area contributed by atoms with E-state index in [0.29, 0.717) is 5.75 Å². The Morgan fingerprint density at radius 2 is 2.10 bits per heavy atom. The van der Waals surface area contributed by atoms with Crippen molar-refractivity contribution < 1.29 is 19.4 Å². The van der Waals surface area contributed by atoms with Gasteiger partial charge in [0.15, 0.2) is 0 Å². The van der Waals surface area contributed by atoms with Gasteiger partial charge in [-0.1, -0.05) is 6.07 Å². The van der Waals surface area contributed by atoms with Crippen molar-refractivity contribution in [1.29, 1.82) is 0 Å². The summed E-state index contributed by atoms with van der Waals surface area (Å²) in [5, 5.41) is 12.4. The molecule has 0 bridgehead atoms. The maximum atomic E-state index is 12.0. The number of carbonyl (C=O) groups is 2. The summed E-state index contributed by atoms with van der Waals surface area (Å²) in [6.45, 7) is 2.89. The van der Waals surface area contributed by atoms with E-state index in [1.807, 2.05) is 18.2 Å². The van der Waals surface area contributed by atoms with E-state index in [9.17, 15) is 9.59 Å². The minimum Gasteiger partial charge on any atom is -0.496 e. The van der Waals surface area contributed by atoms with Crippen LogP contribution >= 0.6 is 0 Å². The fraction of sp³-hybridized carbons (Fsp3) is 0.333. The van der Waals surface area contributed by atoms with E-state index in [2.05, 4.69) is 10.3 Å². The van der Waals surface area contributed by atoms with Crippen molar-refractivity contribution in [3.63, 3.8) is 0 Å². The van der Waals surface area contributed by atoms with E-state index in [-0.39, 0.29) is 12.3 Å². The zero-order valence-electron chi connectivity index (χ0n) is 12.2. The van der Waals surface area contributed by atoms with E-state index in [1.54, 1.807) is 13.3 Å². The maximum Gasteiger partial charge on any atom is 0.328 e. The van der Waals surface area contributed by atoms with Crippen molar-refractivity contribution in [2.45, 2.75) is 25.8 Å². The van der Waals surface area contributed by atoms with E-state index >= 15 is 0 Å². The smallest absolute Gasteiger partial charge is 0.328 e. The van der Waals surface area contributed by atoms with Crippen LogP contribution in [-0.2, 0) is 16.0 Å². The first-order valence-corrected chi connectivity index (χ1v) is 6.52. The van der Waals surface area contributed by atoms with Crippen LogP contribution in [0.25, 0.3) is 10.9 Å². The van der Waals surface area contributed by atoms with Gasteiger partial charge in [-0.15, -0.1) is 0 Å². The summed E-state index contributed by atoms with van der Waals surface area (Å²) in [6.07, 6.45) is 1.82. The van der Waals surface area contributed by atoms with Crippen LogP contribution in [0.4, 0.5) is 0 Å². The van der Waals surface area contributed by atoms with Gasteiger partial charge in [0.05, 0.1) is 13.5 Å². The molecule has 1 amide bonds. The Bertz CT molecular complexity index is 688. The van der Waals surface area contributed by atoms with Crippen LogP contribution in [0.3, 0.4) is 0 Å². The zero-order valence-corrected chi connectivity index (χ0v) is 12.2. The number of rotatable bonds is 5. The van der Waals surface area contributed by atoms with Crippen LogP contribution in [0.15, 0.2) is 24.4 Å². The molecule has 6 heteroatoms. The number of carboxylic acids is 1. The van der Waals surface area contributed by atoms with Gasteiger partial charge in [-0.3, -0.25) is 4.79 Å². The highest BCUT2D eigenvalue weighted by Gasteiger charge is 2.29. The summed E-state index contributed by atoms with van der Waals surface area (Å²) in [5.41, 5.74) is 0.337. The number of carboxylic acid groups (broad SMARTS) is 1. The molecule has 0 saturated carbocycles. The number of aromatic amines is 1. The predicted molar refractivity (Wildman–Crippen MR) is 78.4 cm³/mol. The molecule has 0 unspecified atom stereocenters. The monoisotopic (exact) mass is 290 g/mol. The molecule has 21 heavy (non-hydrogen) atoms. The molecule has 112 valence electrons. The molecule has 3 N–H and O–H groups in total. The molecular formula is C15H18N2O4. The first kappa shape index (κ1) is 14.9. The molecule has 0 fully saturated rings. The fourth-order valence-electron chi connectivity index (χ4n) is 2.15. The lowest BCUT2D eigenvalue weighted by Crippen LogP contribution is -2.50. The second-order valence-corrected chi connectivity index (χ2v) is 5.35.